The van der Waals surface area contributed by atoms with Gasteiger partial charge in [-0.05, 0) is 18.2 Å². The Balaban J connectivity index is 2.06. The Labute approximate surface area is 117 Å². The Morgan fingerprint density at radius 3 is 3.00 bits per heavy atom. The molecule has 0 saturated carbocycles. The molecule has 2 rings (SSSR count). The van der Waals surface area contributed by atoms with Crippen LogP contribution in [0.15, 0.2) is 35.1 Å². The number of hydrogen-bond donors (Lipinski definition) is 1. The van der Waals surface area contributed by atoms with Gasteiger partial charge in [-0.25, -0.2) is 9.78 Å². The fourth-order valence-corrected chi connectivity index (χ4v) is 1.77. The number of carbonyl (C=O) groups is 1. The summed E-state index contributed by atoms with van der Waals surface area (Å²) in [6.07, 6.45) is 3.13. The molecule has 0 aromatic carbocycles. The van der Waals surface area contributed by atoms with E-state index in [1.165, 1.54) is 13.4 Å². The van der Waals surface area contributed by atoms with Crippen molar-refractivity contribution < 1.29 is 13.9 Å². The number of aromatic nitrogens is 1. The molecule has 0 bridgehead atoms. The molecule has 1 N–H and O–H groups in total. The van der Waals surface area contributed by atoms with E-state index < -0.39 is 5.97 Å². The lowest BCUT2D eigenvalue weighted by Gasteiger charge is -2.16. The van der Waals surface area contributed by atoms with E-state index in [4.69, 9.17) is 4.42 Å². The zero-order chi connectivity index (χ0) is 14.5. The molecule has 2 heterocycles. The first-order chi connectivity index (χ1) is 9.61. The van der Waals surface area contributed by atoms with Crippen LogP contribution in [0.5, 0.6) is 0 Å². The molecule has 0 atom stereocenters. The van der Waals surface area contributed by atoms with Crippen LogP contribution in [0.25, 0.3) is 0 Å². The third kappa shape index (κ3) is 3.09. The largest absolute Gasteiger partial charge is 0.467 e. The standard InChI is InChI=1S/C14H17N3O3/c1-17(2)13-12(5-4-6-15-13)16-8-11-7-10(9-20-11)14(18)19-3/h4-7,9,16H,8H2,1-3H3. The van der Waals surface area contributed by atoms with Crippen molar-refractivity contribution >= 4 is 17.5 Å². The number of nitrogens with zero attached hydrogens (tertiary/aromatic N) is 2. The van der Waals surface area contributed by atoms with Crippen molar-refractivity contribution in [2.45, 2.75) is 6.54 Å². The van der Waals surface area contributed by atoms with Gasteiger partial charge in [-0.1, -0.05) is 0 Å². The number of carbonyl (C=O) groups excluding carboxylic acids is 1. The van der Waals surface area contributed by atoms with Crippen molar-refractivity contribution in [1.29, 1.82) is 0 Å². The van der Waals surface area contributed by atoms with Crippen molar-refractivity contribution in [2.24, 2.45) is 0 Å². The second-order valence-electron chi connectivity index (χ2n) is 4.42. The van der Waals surface area contributed by atoms with Crippen LogP contribution < -0.4 is 10.2 Å². The van der Waals surface area contributed by atoms with Gasteiger partial charge in [0.15, 0.2) is 5.82 Å². The van der Waals surface area contributed by atoms with E-state index in [2.05, 4.69) is 15.0 Å². The lowest BCUT2D eigenvalue weighted by Crippen LogP contribution is -2.13. The molecule has 0 aliphatic heterocycles. The summed E-state index contributed by atoms with van der Waals surface area (Å²) >= 11 is 0. The predicted octanol–water partition coefficient (Wildman–Crippen LogP) is 2.14. The number of hydrogen-bond acceptors (Lipinski definition) is 6. The zero-order valence-electron chi connectivity index (χ0n) is 11.7. The molecule has 0 fully saturated rings. The number of rotatable bonds is 5. The summed E-state index contributed by atoms with van der Waals surface area (Å²) in [5.41, 5.74) is 1.30. The second-order valence-corrected chi connectivity index (χ2v) is 4.42. The van der Waals surface area contributed by atoms with Gasteiger partial charge in [0.1, 0.15) is 12.0 Å². The van der Waals surface area contributed by atoms with Crippen molar-refractivity contribution in [1.82, 2.24) is 4.98 Å². The summed E-state index contributed by atoms with van der Waals surface area (Å²) in [5.74, 6) is 1.08. The topological polar surface area (TPSA) is 67.6 Å². The molecule has 2 aromatic heterocycles. The third-order valence-corrected chi connectivity index (χ3v) is 2.74. The van der Waals surface area contributed by atoms with Gasteiger partial charge in [0.05, 0.1) is 24.9 Å². The van der Waals surface area contributed by atoms with Crippen molar-refractivity contribution in [3.05, 3.63) is 42.0 Å². The van der Waals surface area contributed by atoms with Crippen LogP contribution in [0.4, 0.5) is 11.5 Å². The number of ether oxygens (including phenoxy) is 1. The van der Waals surface area contributed by atoms with Gasteiger partial charge < -0.3 is 19.4 Å². The molecule has 0 spiro atoms. The average Bonchev–Trinajstić information content (AvgIpc) is 2.93. The van der Waals surface area contributed by atoms with E-state index in [0.717, 1.165) is 11.5 Å². The van der Waals surface area contributed by atoms with Crippen LogP contribution in [0, 0.1) is 0 Å². The summed E-state index contributed by atoms with van der Waals surface area (Å²) in [5, 5.41) is 3.23. The van der Waals surface area contributed by atoms with Gasteiger partial charge in [-0.15, -0.1) is 0 Å². The highest BCUT2D eigenvalue weighted by molar-refractivity contribution is 5.89. The van der Waals surface area contributed by atoms with Gasteiger partial charge in [0.25, 0.3) is 0 Å². The SMILES string of the molecule is COC(=O)c1coc(CNc2cccnc2N(C)C)c1. The van der Waals surface area contributed by atoms with Crippen LogP contribution in [0.2, 0.25) is 0 Å². The molecule has 0 aliphatic carbocycles. The number of furan rings is 1. The normalized spacial score (nSPS) is 10.2. The highest BCUT2D eigenvalue weighted by Gasteiger charge is 2.11. The van der Waals surface area contributed by atoms with E-state index >= 15 is 0 Å². The minimum absolute atomic E-state index is 0.406. The smallest absolute Gasteiger partial charge is 0.341 e. The van der Waals surface area contributed by atoms with E-state index in [1.54, 1.807) is 12.3 Å². The maximum Gasteiger partial charge on any atom is 0.341 e. The molecular weight excluding hydrogens is 258 g/mol. The van der Waals surface area contributed by atoms with Gasteiger partial charge in [0.2, 0.25) is 0 Å². The first-order valence-electron chi connectivity index (χ1n) is 6.13. The van der Waals surface area contributed by atoms with Crippen LogP contribution in [0.1, 0.15) is 16.1 Å². The Kier molecular flexibility index (Phi) is 4.24. The van der Waals surface area contributed by atoms with Gasteiger partial charge in [-0.3, -0.25) is 0 Å². The predicted molar refractivity (Wildman–Crippen MR) is 75.9 cm³/mol. The maximum absolute atomic E-state index is 11.3. The molecular formula is C14H17N3O3. The lowest BCUT2D eigenvalue weighted by molar-refractivity contribution is 0.0600. The Morgan fingerprint density at radius 1 is 1.50 bits per heavy atom. The van der Waals surface area contributed by atoms with Crippen LogP contribution in [-0.4, -0.2) is 32.2 Å². The van der Waals surface area contributed by atoms with E-state index in [0.29, 0.717) is 17.9 Å². The van der Waals surface area contributed by atoms with Crippen LogP contribution >= 0.6 is 0 Å². The Morgan fingerprint density at radius 2 is 2.30 bits per heavy atom. The lowest BCUT2D eigenvalue weighted by atomic mass is 10.3. The zero-order valence-corrected chi connectivity index (χ0v) is 11.7. The minimum atomic E-state index is -0.407. The molecule has 6 heteroatoms. The number of methoxy groups -OCH3 is 1. The minimum Gasteiger partial charge on any atom is -0.467 e. The van der Waals surface area contributed by atoms with E-state index in [-0.39, 0.29) is 0 Å². The maximum atomic E-state index is 11.3. The highest BCUT2D eigenvalue weighted by atomic mass is 16.5. The summed E-state index contributed by atoms with van der Waals surface area (Å²) in [6, 6.07) is 5.45. The average molecular weight is 275 g/mol. The van der Waals surface area contributed by atoms with Crippen molar-refractivity contribution in [3.63, 3.8) is 0 Å². The molecule has 0 unspecified atom stereocenters. The summed E-state index contributed by atoms with van der Waals surface area (Å²) in [6.45, 7) is 0.462. The first-order valence-corrected chi connectivity index (χ1v) is 6.13. The quantitative estimate of drug-likeness (QED) is 0.843. The fourth-order valence-electron chi connectivity index (χ4n) is 1.77. The number of anilines is 2. The van der Waals surface area contributed by atoms with Crippen molar-refractivity contribution in [3.8, 4) is 0 Å². The molecule has 20 heavy (non-hydrogen) atoms. The summed E-state index contributed by atoms with van der Waals surface area (Å²) < 4.78 is 9.94. The molecule has 0 aliphatic rings. The van der Waals surface area contributed by atoms with E-state index in [9.17, 15) is 4.79 Å². The molecule has 106 valence electrons. The third-order valence-electron chi connectivity index (χ3n) is 2.74. The molecule has 0 amide bonds. The fraction of sp³-hybridized carbons (Fsp3) is 0.286. The van der Waals surface area contributed by atoms with Crippen LogP contribution in [-0.2, 0) is 11.3 Å². The second kappa shape index (κ2) is 6.10. The van der Waals surface area contributed by atoms with Crippen LogP contribution in [0.3, 0.4) is 0 Å². The van der Waals surface area contributed by atoms with Crippen molar-refractivity contribution in [2.75, 3.05) is 31.4 Å². The van der Waals surface area contributed by atoms with E-state index in [1.807, 2.05) is 31.1 Å². The Hall–Kier alpha value is -2.50. The Bertz CT molecular complexity index is 593. The van der Waals surface area contributed by atoms with Gasteiger partial charge in [0, 0.05) is 20.3 Å². The monoisotopic (exact) mass is 275 g/mol. The number of pyridine rings is 1. The summed E-state index contributed by atoms with van der Waals surface area (Å²) in [4.78, 5) is 17.5. The number of esters is 1. The highest BCUT2D eigenvalue weighted by Crippen LogP contribution is 2.21. The summed E-state index contributed by atoms with van der Waals surface area (Å²) in [7, 11) is 5.19. The molecule has 0 saturated heterocycles. The first kappa shape index (κ1) is 13.9. The van der Waals surface area contributed by atoms with Gasteiger partial charge in [-0.2, -0.15) is 0 Å². The number of nitrogens with one attached hydrogen (secondary N) is 1. The molecule has 2 aromatic rings. The molecule has 0 radical (unpaired) electrons. The molecule has 6 nitrogen and oxygen atoms in total. The van der Waals surface area contributed by atoms with Gasteiger partial charge >= 0.3 is 5.97 Å².